The zero-order chi connectivity index (χ0) is 12.3. The molecule has 1 heterocycles. The lowest BCUT2D eigenvalue weighted by atomic mass is 10.2. The smallest absolute Gasteiger partial charge is 0.292 e. The fourth-order valence-electron chi connectivity index (χ4n) is 1.97. The number of benzene rings is 1. The van der Waals surface area contributed by atoms with Crippen LogP contribution in [0, 0.1) is 17.0 Å². The van der Waals surface area contributed by atoms with Crippen LogP contribution in [0.25, 0.3) is 0 Å². The quantitative estimate of drug-likeness (QED) is 0.644. The van der Waals surface area contributed by atoms with Gasteiger partial charge in [-0.25, -0.2) is 0 Å². The van der Waals surface area contributed by atoms with E-state index < -0.39 is 0 Å². The highest BCUT2D eigenvalue weighted by Crippen LogP contribution is 2.25. The molecule has 1 unspecified atom stereocenters. The molecule has 92 valence electrons. The van der Waals surface area contributed by atoms with Crippen LogP contribution in [-0.2, 0) is 4.74 Å². The number of ether oxygens (including phenoxy) is 1. The van der Waals surface area contributed by atoms with E-state index in [4.69, 9.17) is 4.74 Å². The number of aryl methyl sites for hydroxylation is 1. The van der Waals surface area contributed by atoms with Crippen molar-refractivity contribution in [1.29, 1.82) is 0 Å². The molecule has 1 aliphatic rings. The maximum absolute atomic E-state index is 10.9. The van der Waals surface area contributed by atoms with E-state index in [9.17, 15) is 10.1 Å². The van der Waals surface area contributed by atoms with Crippen molar-refractivity contribution < 1.29 is 9.66 Å². The monoisotopic (exact) mass is 236 g/mol. The maximum Gasteiger partial charge on any atom is 0.292 e. The summed E-state index contributed by atoms with van der Waals surface area (Å²) in [6.07, 6.45) is 2.27. The third-order valence-corrected chi connectivity index (χ3v) is 2.89. The fraction of sp³-hybridized carbons (Fsp3) is 0.500. The third kappa shape index (κ3) is 2.94. The molecular weight excluding hydrogens is 220 g/mol. The van der Waals surface area contributed by atoms with Crippen LogP contribution < -0.4 is 5.32 Å². The minimum absolute atomic E-state index is 0.128. The Morgan fingerprint density at radius 3 is 3.06 bits per heavy atom. The second-order valence-corrected chi connectivity index (χ2v) is 4.29. The van der Waals surface area contributed by atoms with Crippen LogP contribution in [0.3, 0.4) is 0 Å². The van der Waals surface area contributed by atoms with Crippen molar-refractivity contribution in [2.45, 2.75) is 25.9 Å². The van der Waals surface area contributed by atoms with Gasteiger partial charge >= 0.3 is 0 Å². The predicted molar refractivity (Wildman–Crippen MR) is 65.3 cm³/mol. The Morgan fingerprint density at radius 1 is 1.59 bits per heavy atom. The fourth-order valence-corrected chi connectivity index (χ4v) is 1.97. The number of rotatable bonds is 4. The molecule has 1 aliphatic heterocycles. The molecule has 1 fully saturated rings. The minimum atomic E-state index is -0.356. The summed E-state index contributed by atoms with van der Waals surface area (Å²) >= 11 is 0. The molecule has 2 rings (SSSR count). The predicted octanol–water partition coefficient (Wildman–Crippen LogP) is 2.49. The van der Waals surface area contributed by atoms with E-state index in [1.54, 1.807) is 12.1 Å². The summed E-state index contributed by atoms with van der Waals surface area (Å²) in [5, 5.41) is 14.0. The largest absolute Gasteiger partial charge is 0.377 e. The second kappa shape index (κ2) is 5.14. The van der Waals surface area contributed by atoms with Gasteiger partial charge in [-0.1, -0.05) is 6.07 Å². The van der Waals surface area contributed by atoms with Crippen LogP contribution >= 0.6 is 0 Å². The van der Waals surface area contributed by atoms with E-state index in [2.05, 4.69) is 5.32 Å². The first-order valence-electron chi connectivity index (χ1n) is 5.77. The summed E-state index contributed by atoms with van der Waals surface area (Å²) in [6, 6.07) is 5.20. The SMILES string of the molecule is Cc1ccc(NCC2CCCO2)c([N+](=O)[O-])c1. The van der Waals surface area contributed by atoms with E-state index in [-0.39, 0.29) is 16.7 Å². The Hall–Kier alpha value is -1.62. The number of hydrogen-bond acceptors (Lipinski definition) is 4. The van der Waals surface area contributed by atoms with Crippen molar-refractivity contribution in [3.05, 3.63) is 33.9 Å². The molecule has 1 atom stereocenters. The molecule has 1 aromatic rings. The van der Waals surface area contributed by atoms with E-state index >= 15 is 0 Å². The van der Waals surface area contributed by atoms with Crippen molar-refractivity contribution in [2.75, 3.05) is 18.5 Å². The average molecular weight is 236 g/mol. The van der Waals surface area contributed by atoms with E-state index in [1.807, 2.05) is 13.0 Å². The van der Waals surface area contributed by atoms with Gasteiger partial charge in [0.25, 0.3) is 5.69 Å². The van der Waals surface area contributed by atoms with Gasteiger partial charge in [0.2, 0.25) is 0 Å². The minimum Gasteiger partial charge on any atom is -0.377 e. The van der Waals surface area contributed by atoms with Gasteiger partial charge in [0, 0.05) is 19.2 Å². The molecule has 5 heteroatoms. The van der Waals surface area contributed by atoms with E-state index in [0.717, 1.165) is 25.0 Å². The second-order valence-electron chi connectivity index (χ2n) is 4.29. The normalized spacial score (nSPS) is 19.2. The lowest BCUT2D eigenvalue weighted by Crippen LogP contribution is -2.18. The van der Waals surface area contributed by atoms with Gasteiger partial charge in [0.05, 0.1) is 11.0 Å². The van der Waals surface area contributed by atoms with Crippen molar-refractivity contribution in [3.8, 4) is 0 Å². The first-order valence-corrected chi connectivity index (χ1v) is 5.77. The highest BCUT2D eigenvalue weighted by Gasteiger charge is 2.18. The molecule has 0 spiro atoms. The number of nitrogens with one attached hydrogen (secondary N) is 1. The Kier molecular flexibility index (Phi) is 3.58. The summed E-state index contributed by atoms with van der Waals surface area (Å²) < 4.78 is 5.47. The van der Waals surface area contributed by atoms with Gasteiger partial charge in [0.1, 0.15) is 5.69 Å². The number of anilines is 1. The Morgan fingerprint density at radius 2 is 2.41 bits per heavy atom. The van der Waals surface area contributed by atoms with Crippen LogP contribution in [-0.4, -0.2) is 24.2 Å². The van der Waals surface area contributed by atoms with Crippen LogP contribution in [0.5, 0.6) is 0 Å². The Balaban J connectivity index is 2.06. The lowest BCUT2D eigenvalue weighted by molar-refractivity contribution is -0.384. The van der Waals surface area contributed by atoms with Crippen LogP contribution in [0.1, 0.15) is 18.4 Å². The van der Waals surface area contributed by atoms with E-state index in [0.29, 0.717) is 12.2 Å². The molecular formula is C12H16N2O3. The molecule has 0 bridgehead atoms. The molecule has 17 heavy (non-hydrogen) atoms. The third-order valence-electron chi connectivity index (χ3n) is 2.89. The molecule has 0 aromatic heterocycles. The van der Waals surface area contributed by atoms with Crippen molar-refractivity contribution >= 4 is 11.4 Å². The highest BCUT2D eigenvalue weighted by atomic mass is 16.6. The zero-order valence-corrected chi connectivity index (χ0v) is 9.81. The summed E-state index contributed by atoms with van der Waals surface area (Å²) in [5.74, 6) is 0. The maximum atomic E-state index is 10.9. The van der Waals surface area contributed by atoms with Gasteiger partial charge in [-0.2, -0.15) is 0 Å². The number of nitro groups is 1. The number of nitro benzene ring substituents is 1. The Bertz CT molecular complexity index is 414. The molecule has 0 saturated carbocycles. The van der Waals surface area contributed by atoms with Crippen LogP contribution in [0.2, 0.25) is 0 Å². The molecule has 0 aliphatic carbocycles. The van der Waals surface area contributed by atoms with Crippen molar-refractivity contribution in [2.24, 2.45) is 0 Å². The van der Waals surface area contributed by atoms with Crippen molar-refractivity contribution in [1.82, 2.24) is 0 Å². The summed E-state index contributed by atoms with van der Waals surface area (Å²) in [7, 11) is 0. The van der Waals surface area contributed by atoms with Gasteiger partial charge < -0.3 is 10.1 Å². The van der Waals surface area contributed by atoms with E-state index in [1.165, 1.54) is 0 Å². The molecule has 0 radical (unpaired) electrons. The van der Waals surface area contributed by atoms with Gasteiger partial charge in [-0.05, 0) is 31.4 Å². The van der Waals surface area contributed by atoms with Crippen LogP contribution in [0.15, 0.2) is 18.2 Å². The lowest BCUT2D eigenvalue weighted by Gasteiger charge is -2.12. The number of nitrogens with zero attached hydrogens (tertiary/aromatic N) is 1. The summed E-state index contributed by atoms with van der Waals surface area (Å²) in [4.78, 5) is 10.5. The van der Waals surface area contributed by atoms with Crippen molar-refractivity contribution in [3.63, 3.8) is 0 Å². The highest BCUT2D eigenvalue weighted by molar-refractivity contribution is 5.62. The first-order chi connectivity index (χ1) is 8.16. The first kappa shape index (κ1) is 11.9. The Labute approximate surface area is 99.9 Å². The molecule has 5 nitrogen and oxygen atoms in total. The van der Waals surface area contributed by atoms with Gasteiger partial charge in [0.15, 0.2) is 0 Å². The standard InChI is InChI=1S/C12H16N2O3/c1-9-4-5-11(12(7-9)14(15)16)13-8-10-3-2-6-17-10/h4-5,7,10,13H,2-3,6,8H2,1H3. The molecule has 1 N–H and O–H groups in total. The summed E-state index contributed by atoms with van der Waals surface area (Å²) in [5.41, 5.74) is 1.58. The topological polar surface area (TPSA) is 64.4 Å². The molecule has 1 aromatic carbocycles. The number of hydrogen-bond donors (Lipinski definition) is 1. The summed E-state index contributed by atoms with van der Waals surface area (Å²) in [6.45, 7) is 3.27. The molecule has 1 saturated heterocycles. The average Bonchev–Trinajstić information content (AvgIpc) is 2.80. The molecule has 0 amide bonds. The van der Waals surface area contributed by atoms with Gasteiger partial charge in [-0.15, -0.1) is 0 Å². The van der Waals surface area contributed by atoms with Crippen LogP contribution in [0.4, 0.5) is 11.4 Å². The zero-order valence-electron chi connectivity index (χ0n) is 9.81. The van der Waals surface area contributed by atoms with Gasteiger partial charge in [-0.3, -0.25) is 10.1 Å².